The van der Waals surface area contributed by atoms with Crippen LogP contribution in [0.3, 0.4) is 0 Å². The Morgan fingerprint density at radius 3 is 3.05 bits per heavy atom. The molecule has 5 nitrogen and oxygen atoms in total. The van der Waals surface area contributed by atoms with Gasteiger partial charge in [-0.3, -0.25) is 0 Å². The van der Waals surface area contributed by atoms with E-state index < -0.39 is 5.82 Å². The maximum atomic E-state index is 14.3. The van der Waals surface area contributed by atoms with Crippen LogP contribution in [-0.2, 0) is 4.74 Å². The molecule has 1 atom stereocenters. The first-order chi connectivity index (χ1) is 10.6. The van der Waals surface area contributed by atoms with Crippen LogP contribution in [0.5, 0.6) is 0 Å². The van der Waals surface area contributed by atoms with Gasteiger partial charge in [0.1, 0.15) is 11.3 Å². The minimum Gasteiger partial charge on any atom is -0.379 e. The summed E-state index contributed by atoms with van der Waals surface area (Å²) in [6.45, 7) is 4.95. The summed E-state index contributed by atoms with van der Waals surface area (Å²) in [4.78, 5) is 14.8. The van der Waals surface area contributed by atoms with E-state index in [0.29, 0.717) is 42.0 Å². The maximum absolute atomic E-state index is 14.3. The van der Waals surface area contributed by atoms with Crippen molar-refractivity contribution in [2.24, 2.45) is 5.92 Å². The number of rotatable bonds is 2. The molecular formula is C14H16ClFN4OS. The van der Waals surface area contributed by atoms with Gasteiger partial charge in [-0.1, -0.05) is 30.3 Å². The number of anilines is 1. The molecule has 0 bridgehead atoms. The van der Waals surface area contributed by atoms with Crippen molar-refractivity contribution in [1.29, 1.82) is 0 Å². The molecule has 2 aromatic heterocycles. The number of nitrogens with zero attached hydrogens (tertiary/aromatic N) is 4. The Morgan fingerprint density at radius 1 is 1.45 bits per heavy atom. The van der Waals surface area contributed by atoms with Gasteiger partial charge < -0.3 is 9.64 Å². The van der Waals surface area contributed by atoms with Gasteiger partial charge in [-0.2, -0.15) is 0 Å². The molecule has 0 spiro atoms. The molecule has 0 saturated carbocycles. The van der Waals surface area contributed by atoms with Crippen molar-refractivity contribution < 1.29 is 9.13 Å². The number of thioether (sulfide) groups is 1. The van der Waals surface area contributed by atoms with Crippen molar-refractivity contribution in [3.05, 3.63) is 17.2 Å². The molecule has 0 radical (unpaired) electrons. The first kappa shape index (κ1) is 15.7. The lowest BCUT2D eigenvalue weighted by molar-refractivity contribution is 0.129. The summed E-state index contributed by atoms with van der Waals surface area (Å²) in [7, 11) is 0. The number of aromatic nitrogens is 3. The monoisotopic (exact) mass is 342 g/mol. The van der Waals surface area contributed by atoms with Crippen LogP contribution in [0, 0.1) is 11.7 Å². The molecule has 1 fully saturated rings. The molecule has 0 amide bonds. The highest BCUT2D eigenvalue weighted by molar-refractivity contribution is 7.98. The number of fused-ring (bicyclic) bond motifs is 1. The fourth-order valence-electron chi connectivity index (χ4n) is 2.50. The van der Waals surface area contributed by atoms with Crippen molar-refractivity contribution in [3.8, 4) is 0 Å². The molecule has 0 aliphatic carbocycles. The predicted octanol–water partition coefficient (Wildman–Crippen LogP) is 3.01. The van der Waals surface area contributed by atoms with Crippen molar-refractivity contribution in [2.45, 2.75) is 12.1 Å². The van der Waals surface area contributed by atoms with E-state index in [1.807, 2.05) is 6.26 Å². The van der Waals surface area contributed by atoms with E-state index in [4.69, 9.17) is 16.3 Å². The largest absolute Gasteiger partial charge is 0.379 e. The summed E-state index contributed by atoms with van der Waals surface area (Å²) in [6.07, 6.45) is 3.40. The third-order valence-corrected chi connectivity index (χ3v) is 4.33. The lowest BCUT2D eigenvalue weighted by Crippen LogP contribution is -2.30. The summed E-state index contributed by atoms with van der Waals surface area (Å²) in [5, 5.41) is 0.923. The molecule has 0 N–H and O–H groups in total. The first-order valence-electron chi connectivity index (χ1n) is 6.98. The van der Waals surface area contributed by atoms with Crippen molar-refractivity contribution in [1.82, 2.24) is 15.0 Å². The van der Waals surface area contributed by atoms with Gasteiger partial charge >= 0.3 is 0 Å². The van der Waals surface area contributed by atoms with E-state index >= 15 is 0 Å². The minimum absolute atomic E-state index is 0.170. The fourth-order valence-corrected chi connectivity index (χ4v) is 3.00. The van der Waals surface area contributed by atoms with Crippen LogP contribution in [0.1, 0.15) is 6.92 Å². The molecule has 118 valence electrons. The average molecular weight is 343 g/mol. The molecule has 1 aliphatic heterocycles. The lowest BCUT2D eigenvalue weighted by Gasteiger charge is -2.24. The second-order valence-electron chi connectivity index (χ2n) is 5.29. The Labute approximate surface area is 137 Å². The number of pyridine rings is 1. The van der Waals surface area contributed by atoms with Crippen LogP contribution in [0.15, 0.2) is 11.4 Å². The smallest absolute Gasteiger partial charge is 0.189 e. The SMILES string of the molecule is CSc1nc(N2CCOCC(C)C2)c2cnc(Cl)c(F)c2n1. The van der Waals surface area contributed by atoms with Gasteiger partial charge in [-0.25, -0.2) is 19.3 Å². The maximum Gasteiger partial charge on any atom is 0.189 e. The van der Waals surface area contributed by atoms with Gasteiger partial charge in [0.25, 0.3) is 0 Å². The standard InChI is InChI=1S/C14H16ClFN4OS/c1-8-6-20(3-4-21-7-8)13-9-5-17-12(15)10(16)11(9)18-14(19-13)22-2/h5,8H,3-4,6-7H2,1-2H3. The summed E-state index contributed by atoms with van der Waals surface area (Å²) in [5.41, 5.74) is 0.215. The quantitative estimate of drug-likeness (QED) is 0.475. The van der Waals surface area contributed by atoms with Crippen LogP contribution in [0.4, 0.5) is 10.2 Å². The molecule has 0 aromatic carbocycles. The summed E-state index contributed by atoms with van der Waals surface area (Å²) in [6, 6.07) is 0. The number of hydrogen-bond acceptors (Lipinski definition) is 6. The summed E-state index contributed by atoms with van der Waals surface area (Å²) in [5.74, 6) is 0.461. The third kappa shape index (κ3) is 2.98. The van der Waals surface area contributed by atoms with Crippen LogP contribution in [-0.4, -0.2) is 47.5 Å². The molecule has 2 aromatic rings. The molecule has 3 heterocycles. The highest BCUT2D eigenvalue weighted by Crippen LogP contribution is 2.30. The van der Waals surface area contributed by atoms with Gasteiger partial charge in [0.15, 0.2) is 16.1 Å². The molecule has 1 saturated heterocycles. The molecular weight excluding hydrogens is 327 g/mol. The Kier molecular flexibility index (Phi) is 4.65. The van der Waals surface area contributed by atoms with Gasteiger partial charge in [0.2, 0.25) is 0 Å². The lowest BCUT2D eigenvalue weighted by atomic mass is 10.2. The zero-order valence-electron chi connectivity index (χ0n) is 12.3. The number of ether oxygens (including phenoxy) is 1. The van der Waals surface area contributed by atoms with E-state index in [2.05, 4.69) is 26.8 Å². The van der Waals surface area contributed by atoms with Gasteiger partial charge in [0.05, 0.1) is 18.6 Å². The van der Waals surface area contributed by atoms with E-state index in [1.54, 1.807) is 0 Å². The van der Waals surface area contributed by atoms with Crippen LogP contribution < -0.4 is 4.90 Å². The van der Waals surface area contributed by atoms with E-state index in [-0.39, 0.29) is 10.7 Å². The molecule has 3 rings (SSSR count). The second kappa shape index (κ2) is 6.52. The highest BCUT2D eigenvalue weighted by Gasteiger charge is 2.22. The topological polar surface area (TPSA) is 51.1 Å². The number of halogens is 2. The van der Waals surface area contributed by atoms with Crippen molar-refractivity contribution >= 4 is 40.1 Å². The van der Waals surface area contributed by atoms with Crippen LogP contribution >= 0.6 is 23.4 Å². The Balaban J connectivity index is 2.16. The zero-order valence-corrected chi connectivity index (χ0v) is 13.9. The zero-order chi connectivity index (χ0) is 15.7. The molecule has 22 heavy (non-hydrogen) atoms. The van der Waals surface area contributed by atoms with Crippen LogP contribution in [0.25, 0.3) is 10.9 Å². The summed E-state index contributed by atoms with van der Waals surface area (Å²) < 4.78 is 19.9. The number of hydrogen-bond donors (Lipinski definition) is 0. The fraction of sp³-hybridized carbons (Fsp3) is 0.500. The van der Waals surface area contributed by atoms with Gasteiger partial charge in [0, 0.05) is 19.3 Å². The first-order valence-corrected chi connectivity index (χ1v) is 8.59. The van der Waals surface area contributed by atoms with Crippen LogP contribution in [0.2, 0.25) is 5.15 Å². The highest BCUT2D eigenvalue weighted by atomic mass is 35.5. The van der Waals surface area contributed by atoms with Crippen molar-refractivity contribution in [2.75, 3.05) is 37.5 Å². The summed E-state index contributed by atoms with van der Waals surface area (Å²) >= 11 is 7.16. The normalized spacial score (nSPS) is 19.5. The van der Waals surface area contributed by atoms with E-state index in [0.717, 1.165) is 6.54 Å². The second-order valence-corrected chi connectivity index (χ2v) is 6.42. The Hall–Kier alpha value is -1.18. The van der Waals surface area contributed by atoms with Gasteiger partial charge in [-0.05, 0) is 12.2 Å². The Morgan fingerprint density at radius 2 is 2.27 bits per heavy atom. The van der Waals surface area contributed by atoms with E-state index in [9.17, 15) is 4.39 Å². The predicted molar refractivity (Wildman–Crippen MR) is 86.3 cm³/mol. The van der Waals surface area contributed by atoms with Gasteiger partial charge in [-0.15, -0.1) is 0 Å². The molecule has 8 heteroatoms. The third-order valence-electron chi connectivity index (χ3n) is 3.52. The van der Waals surface area contributed by atoms with Crippen molar-refractivity contribution in [3.63, 3.8) is 0 Å². The Bertz CT molecular complexity index is 702. The van der Waals surface area contributed by atoms with E-state index in [1.165, 1.54) is 18.0 Å². The molecule has 1 aliphatic rings. The molecule has 1 unspecified atom stereocenters. The minimum atomic E-state index is -0.600. The average Bonchev–Trinajstić information content (AvgIpc) is 2.74.